The summed E-state index contributed by atoms with van der Waals surface area (Å²) in [7, 11) is 0. The van der Waals surface area contributed by atoms with Crippen LogP contribution in [0.15, 0.2) is 18.2 Å². The van der Waals surface area contributed by atoms with Crippen molar-refractivity contribution in [3.63, 3.8) is 0 Å². The van der Waals surface area contributed by atoms with Crippen molar-refractivity contribution in [2.75, 3.05) is 18.0 Å². The number of nitrogens with one attached hydrogen (secondary N) is 2. The second kappa shape index (κ2) is 6.61. The van der Waals surface area contributed by atoms with E-state index in [4.69, 9.17) is 0 Å². The van der Waals surface area contributed by atoms with Crippen LogP contribution < -0.4 is 15.5 Å². The van der Waals surface area contributed by atoms with Crippen LogP contribution in [0.5, 0.6) is 0 Å². The Labute approximate surface area is 125 Å². The van der Waals surface area contributed by atoms with Crippen LogP contribution >= 0.6 is 0 Å². The molecule has 114 valence electrons. The predicted octanol–water partition coefficient (Wildman–Crippen LogP) is 2.12. The van der Waals surface area contributed by atoms with Crippen LogP contribution in [0.3, 0.4) is 0 Å². The van der Waals surface area contributed by atoms with Gasteiger partial charge in [-0.05, 0) is 43.5 Å². The molecule has 1 unspecified atom stereocenters. The van der Waals surface area contributed by atoms with Crippen LogP contribution in [0.2, 0.25) is 0 Å². The minimum Gasteiger partial charge on any atom is -0.338 e. The number of benzene rings is 1. The maximum absolute atomic E-state index is 12.1. The molecular weight excluding hydrogens is 266 g/mol. The van der Waals surface area contributed by atoms with E-state index in [-0.39, 0.29) is 18.0 Å². The standard InChI is InChI=1S/C16H23N3O2/c1-4-7-17-16(21)18-13-9-15(20)19(10-13)14-6-5-11(2)12(3)8-14/h5-6,8,13H,4,7,9-10H2,1-3H3,(H2,17,18,21). The Morgan fingerprint density at radius 2 is 2.10 bits per heavy atom. The number of amides is 3. The monoisotopic (exact) mass is 289 g/mol. The Morgan fingerprint density at radius 1 is 1.33 bits per heavy atom. The number of carbonyl (C=O) groups is 2. The van der Waals surface area contributed by atoms with Crippen LogP contribution in [-0.2, 0) is 4.79 Å². The number of urea groups is 1. The highest BCUT2D eigenvalue weighted by Crippen LogP contribution is 2.23. The molecule has 21 heavy (non-hydrogen) atoms. The molecule has 1 aromatic rings. The molecule has 0 radical (unpaired) electrons. The molecule has 1 heterocycles. The summed E-state index contributed by atoms with van der Waals surface area (Å²) < 4.78 is 0. The maximum Gasteiger partial charge on any atom is 0.315 e. The highest BCUT2D eigenvalue weighted by atomic mass is 16.2. The zero-order valence-corrected chi connectivity index (χ0v) is 12.9. The molecule has 2 N–H and O–H groups in total. The van der Waals surface area contributed by atoms with Crippen LogP contribution in [0.25, 0.3) is 0 Å². The Kier molecular flexibility index (Phi) is 4.83. The van der Waals surface area contributed by atoms with Gasteiger partial charge >= 0.3 is 6.03 Å². The molecule has 1 aliphatic rings. The number of aryl methyl sites for hydroxylation is 2. The smallest absolute Gasteiger partial charge is 0.315 e. The third kappa shape index (κ3) is 3.74. The van der Waals surface area contributed by atoms with Crippen molar-refractivity contribution in [3.05, 3.63) is 29.3 Å². The fourth-order valence-corrected chi connectivity index (χ4v) is 2.42. The number of rotatable bonds is 4. The van der Waals surface area contributed by atoms with Gasteiger partial charge in [-0.1, -0.05) is 13.0 Å². The molecule has 0 bridgehead atoms. The quantitative estimate of drug-likeness (QED) is 0.892. The molecule has 0 aromatic heterocycles. The molecule has 1 aromatic carbocycles. The summed E-state index contributed by atoms with van der Waals surface area (Å²) in [6, 6.07) is 5.67. The normalized spacial score (nSPS) is 18.0. The summed E-state index contributed by atoms with van der Waals surface area (Å²) in [4.78, 5) is 25.5. The van der Waals surface area contributed by atoms with E-state index in [0.717, 1.165) is 17.7 Å². The third-order valence-electron chi connectivity index (χ3n) is 3.80. The van der Waals surface area contributed by atoms with Crippen molar-refractivity contribution in [1.82, 2.24) is 10.6 Å². The second-order valence-corrected chi connectivity index (χ2v) is 5.57. The zero-order valence-electron chi connectivity index (χ0n) is 12.9. The molecule has 3 amide bonds. The molecule has 1 aliphatic heterocycles. The fraction of sp³-hybridized carbons (Fsp3) is 0.500. The number of hydrogen-bond donors (Lipinski definition) is 2. The number of nitrogens with zero attached hydrogens (tertiary/aromatic N) is 1. The number of carbonyl (C=O) groups excluding carboxylic acids is 2. The zero-order chi connectivity index (χ0) is 15.4. The predicted molar refractivity (Wildman–Crippen MR) is 83.5 cm³/mol. The lowest BCUT2D eigenvalue weighted by Crippen LogP contribution is -2.43. The average molecular weight is 289 g/mol. The van der Waals surface area contributed by atoms with E-state index in [2.05, 4.69) is 10.6 Å². The van der Waals surface area contributed by atoms with Gasteiger partial charge in [-0.15, -0.1) is 0 Å². The van der Waals surface area contributed by atoms with E-state index in [9.17, 15) is 9.59 Å². The number of anilines is 1. The first-order valence-corrected chi connectivity index (χ1v) is 7.43. The Hall–Kier alpha value is -2.04. The van der Waals surface area contributed by atoms with Gasteiger partial charge in [0.25, 0.3) is 0 Å². The Morgan fingerprint density at radius 3 is 2.76 bits per heavy atom. The fourth-order valence-electron chi connectivity index (χ4n) is 2.42. The molecule has 2 rings (SSSR count). The van der Waals surface area contributed by atoms with Crippen molar-refractivity contribution in [2.24, 2.45) is 0 Å². The van der Waals surface area contributed by atoms with Crippen LogP contribution in [0.4, 0.5) is 10.5 Å². The van der Waals surface area contributed by atoms with E-state index in [1.807, 2.05) is 39.0 Å². The van der Waals surface area contributed by atoms with Gasteiger partial charge in [-0.3, -0.25) is 4.79 Å². The van der Waals surface area contributed by atoms with Crippen molar-refractivity contribution < 1.29 is 9.59 Å². The first kappa shape index (κ1) is 15.4. The van der Waals surface area contributed by atoms with Crippen molar-refractivity contribution >= 4 is 17.6 Å². The first-order chi connectivity index (χ1) is 10.0. The van der Waals surface area contributed by atoms with Gasteiger partial charge in [0.05, 0.1) is 6.04 Å². The molecule has 1 saturated heterocycles. The summed E-state index contributed by atoms with van der Waals surface area (Å²) in [5, 5.41) is 5.62. The third-order valence-corrected chi connectivity index (χ3v) is 3.80. The molecule has 0 aliphatic carbocycles. The molecule has 0 spiro atoms. The molecule has 1 atom stereocenters. The average Bonchev–Trinajstić information content (AvgIpc) is 2.80. The Bertz CT molecular complexity index is 542. The summed E-state index contributed by atoms with van der Waals surface area (Å²) in [6.07, 6.45) is 1.25. The lowest BCUT2D eigenvalue weighted by atomic mass is 10.1. The van der Waals surface area contributed by atoms with E-state index in [1.54, 1.807) is 4.90 Å². The van der Waals surface area contributed by atoms with Gasteiger partial charge in [-0.25, -0.2) is 4.79 Å². The molecule has 0 saturated carbocycles. The van der Waals surface area contributed by atoms with Crippen molar-refractivity contribution in [3.8, 4) is 0 Å². The van der Waals surface area contributed by atoms with Gasteiger partial charge in [0.1, 0.15) is 0 Å². The van der Waals surface area contributed by atoms with Crippen molar-refractivity contribution in [1.29, 1.82) is 0 Å². The molecule has 5 nitrogen and oxygen atoms in total. The maximum atomic E-state index is 12.1. The Balaban J connectivity index is 1.99. The van der Waals surface area contributed by atoms with E-state index in [1.165, 1.54) is 5.56 Å². The second-order valence-electron chi connectivity index (χ2n) is 5.57. The summed E-state index contributed by atoms with van der Waals surface area (Å²) in [6.45, 7) is 7.26. The van der Waals surface area contributed by atoms with Gasteiger partial charge in [-0.2, -0.15) is 0 Å². The molecular formula is C16H23N3O2. The van der Waals surface area contributed by atoms with Gasteiger partial charge < -0.3 is 15.5 Å². The topological polar surface area (TPSA) is 61.4 Å². The van der Waals surface area contributed by atoms with E-state index < -0.39 is 0 Å². The number of hydrogen-bond acceptors (Lipinski definition) is 2. The summed E-state index contributed by atoms with van der Waals surface area (Å²) in [5.74, 6) is 0.0547. The lowest BCUT2D eigenvalue weighted by Gasteiger charge is -2.18. The van der Waals surface area contributed by atoms with Crippen molar-refractivity contribution in [2.45, 2.75) is 39.7 Å². The van der Waals surface area contributed by atoms with E-state index in [0.29, 0.717) is 19.5 Å². The molecule has 1 fully saturated rings. The van der Waals surface area contributed by atoms with Crippen LogP contribution in [-0.4, -0.2) is 31.1 Å². The lowest BCUT2D eigenvalue weighted by molar-refractivity contribution is -0.117. The van der Waals surface area contributed by atoms with Gasteiger partial charge in [0.15, 0.2) is 0 Å². The van der Waals surface area contributed by atoms with Crippen LogP contribution in [0, 0.1) is 13.8 Å². The largest absolute Gasteiger partial charge is 0.338 e. The van der Waals surface area contributed by atoms with Gasteiger partial charge in [0, 0.05) is 25.2 Å². The highest BCUT2D eigenvalue weighted by molar-refractivity contribution is 5.96. The van der Waals surface area contributed by atoms with E-state index >= 15 is 0 Å². The summed E-state index contributed by atoms with van der Waals surface area (Å²) >= 11 is 0. The minimum absolute atomic E-state index is 0.0547. The van der Waals surface area contributed by atoms with Gasteiger partial charge in [0.2, 0.25) is 5.91 Å². The SMILES string of the molecule is CCCNC(=O)NC1CC(=O)N(c2ccc(C)c(C)c2)C1. The first-order valence-electron chi connectivity index (χ1n) is 7.43. The van der Waals surface area contributed by atoms with Crippen LogP contribution in [0.1, 0.15) is 30.9 Å². The summed E-state index contributed by atoms with van der Waals surface area (Å²) in [5.41, 5.74) is 3.28. The minimum atomic E-state index is -0.198. The highest BCUT2D eigenvalue weighted by Gasteiger charge is 2.31. The molecule has 5 heteroatoms.